The molecule has 1 aromatic heterocycles. The molecule has 0 N–H and O–H groups in total. The van der Waals surface area contributed by atoms with Gasteiger partial charge in [0, 0.05) is 27.7 Å². The van der Waals surface area contributed by atoms with Crippen LogP contribution in [0.4, 0.5) is 0 Å². The van der Waals surface area contributed by atoms with E-state index in [1.807, 2.05) is 18.2 Å². The summed E-state index contributed by atoms with van der Waals surface area (Å²) in [5.74, 6) is 0.628. The van der Waals surface area contributed by atoms with Gasteiger partial charge in [0.25, 0.3) is 0 Å². The molecule has 0 saturated heterocycles. The Morgan fingerprint density at radius 1 is 1.33 bits per heavy atom. The highest BCUT2D eigenvalue weighted by atomic mass is 79.9. The predicted octanol–water partition coefficient (Wildman–Crippen LogP) is 4.35. The molecule has 0 radical (unpaired) electrons. The van der Waals surface area contributed by atoms with Crippen LogP contribution in [-0.2, 0) is 6.42 Å². The largest absolute Gasteiger partial charge is 0.241 e. The van der Waals surface area contributed by atoms with Crippen LogP contribution in [0.3, 0.4) is 0 Å². The molecule has 0 aliphatic rings. The first kappa shape index (κ1) is 11.1. The van der Waals surface area contributed by atoms with Gasteiger partial charge in [-0.2, -0.15) is 0 Å². The predicted molar refractivity (Wildman–Crippen MR) is 69.7 cm³/mol. The Morgan fingerprint density at radius 3 is 2.87 bits per heavy atom. The summed E-state index contributed by atoms with van der Waals surface area (Å²) < 4.78 is 1.08. The number of alkyl halides is 1. The van der Waals surface area contributed by atoms with Gasteiger partial charge in [0.15, 0.2) is 0 Å². The van der Waals surface area contributed by atoms with Crippen LogP contribution in [-0.4, -0.2) is 10.9 Å². The highest BCUT2D eigenvalue weighted by Crippen LogP contribution is 2.28. The number of halogens is 2. The molecule has 0 spiro atoms. The van der Waals surface area contributed by atoms with Gasteiger partial charge in [-0.25, -0.2) is 4.98 Å². The Balaban J connectivity index is 2.33. The molecule has 0 aliphatic heterocycles. The van der Waals surface area contributed by atoms with Gasteiger partial charge in [-0.3, -0.25) is 0 Å². The van der Waals surface area contributed by atoms with E-state index in [0.717, 1.165) is 27.2 Å². The summed E-state index contributed by atoms with van der Waals surface area (Å²) in [5, 5.41) is 3.16. The van der Waals surface area contributed by atoms with Crippen molar-refractivity contribution in [2.45, 2.75) is 6.42 Å². The quantitative estimate of drug-likeness (QED) is 0.768. The van der Waals surface area contributed by atoms with Gasteiger partial charge >= 0.3 is 0 Å². The van der Waals surface area contributed by atoms with Crippen LogP contribution >= 0.6 is 38.9 Å². The topological polar surface area (TPSA) is 12.9 Å². The Labute approximate surface area is 106 Å². The number of aryl methyl sites for hydroxylation is 1. The van der Waals surface area contributed by atoms with Crippen molar-refractivity contribution in [1.82, 2.24) is 4.98 Å². The first-order valence-electron chi connectivity index (χ1n) is 4.56. The summed E-state index contributed by atoms with van der Waals surface area (Å²) in [6.45, 7) is 0. The third-order valence-corrected chi connectivity index (χ3v) is 3.80. The van der Waals surface area contributed by atoms with E-state index in [9.17, 15) is 0 Å². The minimum atomic E-state index is 0.628. The van der Waals surface area contributed by atoms with E-state index in [1.165, 1.54) is 0 Å². The number of rotatable bonds is 3. The fraction of sp³-hybridized carbons (Fsp3) is 0.182. The standard InChI is InChI=1S/C11H9BrClNS/c12-9-4-2-1-3-8(9)10-7-15-11(14-10)5-6-13/h1-4,7H,5-6H2. The minimum absolute atomic E-state index is 0.628. The Bertz CT molecular complexity index is 455. The van der Waals surface area contributed by atoms with Gasteiger partial charge in [-0.15, -0.1) is 22.9 Å². The van der Waals surface area contributed by atoms with Crippen LogP contribution in [0.2, 0.25) is 0 Å². The summed E-state index contributed by atoms with van der Waals surface area (Å²) in [7, 11) is 0. The van der Waals surface area contributed by atoms with E-state index >= 15 is 0 Å². The zero-order chi connectivity index (χ0) is 10.7. The van der Waals surface area contributed by atoms with Crippen molar-refractivity contribution < 1.29 is 0 Å². The minimum Gasteiger partial charge on any atom is -0.241 e. The molecule has 1 nitrogen and oxygen atoms in total. The van der Waals surface area contributed by atoms with Gasteiger partial charge in [0.05, 0.1) is 10.7 Å². The van der Waals surface area contributed by atoms with Crippen molar-refractivity contribution in [1.29, 1.82) is 0 Å². The van der Waals surface area contributed by atoms with Crippen LogP contribution in [0.25, 0.3) is 11.3 Å². The highest BCUT2D eigenvalue weighted by molar-refractivity contribution is 9.10. The van der Waals surface area contributed by atoms with Crippen LogP contribution in [0.5, 0.6) is 0 Å². The molecule has 15 heavy (non-hydrogen) atoms. The number of thiazole rings is 1. The first-order chi connectivity index (χ1) is 7.31. The number of hydrogen-bond acceptors (Lipinski definition) is 2. The lowest BCUT2D eigenvalue weighted by Crippen LogP contribution is -1.85. The van der Waals surface area contributed by atoms with Gasteiger partial charge < -0.3 is 0 Å². The van der Waals surface area contributed by atoms with Gasteiger partial charge in [-0.1, -0.05) is 34.1 Å². The molecular weight excluding hydrogens is 294 g/mol. The summed E-state index contributed by atoms with van der Waals surface area (Å²) in [6, 6.07) is 8.10. The lowest BCUT2D eigenvalue weighted by Gasteiger charge is -1.98. The zero-order valence-electron chi connectivity index (χ0n) is 7.91. The third kappa shape index (κ3) is 2.60. The maximum Gasteiger partial charge on any atom is 0.0944 e. The molecule has 0 fully saturated rings. The zero-order valence-corrected chi connectivity index (χ0v) is 11.1. The van der Waals surface area contributed by atoms with Crippen molar-refractivity contribution in [3.05, 3.63) is 39.1 Å². The van der Waals surface area contributed by atoms with Gasteiger partial charge in [0.2, 0.25) is 0 Å². The van der Waals surface area contributed by atoms with Gasteiger partial charge in [-0.05, 0) is 6.07 Å². The van der Waals surface area contributed by atoms with Crippen molar-refractivity contribution in [3.63, 3.8) is 0 Å². The smallest absolute Gasteiger partial charge is 0.0944 e. The van der Waals surface area contributed by atoms with E-state index in [0.29, 0.717) is 5.88 Å². The van der Waals surface area contributed by atoms with E-state index in [1.54, 1.807) is 11.3 Å². The fourth-order valence-electron chi connectivity index (χ4n) is 1.30. The Hall–Kier alpha value is -0.380. The molecule has 0 aliphatic carbocycles. The number of nitrogens with zero attached hydrogens (tertiary/aromatic N) is 1. The van der Waals surface area contributed by atoms with E-state index < -0.39 is 0 Å². The second-order valence-corrected chi connectivity index (χ2v) is 5.22. The molecule has 4 heteroatoms. The van der Waals surface area contributed by atoms with Crippen LogP contribution in [0, 0.1) is 0 Å². The molecule has 0 atom stereocenters. The first-order valence-corrected chi connectivity index (χ1v) is 6.77. The molecule has 0 unspecified atom stereocenters. The average molecular weight is 303 g/mol. The van der Waals surface area contributed by atoms with Crippen LogP contribution < -0.4 is 0 Å². The van der Waals surface area contributed by atoms with Crippen molar-refractivity contribution in [3.8, 4) is 11.3 Å². The molecule has 0 amide bonds. The van der Waals surface area contributed by atoms with Crippen LogP contribution in [0.1, 0.15) is 5.01 Å². The number of aromatic nitrogens is 1. The monoisotopic (exact) mass is 301 g/mol. The second kappa shape index (κ2) is 5.10. The van der Waals surface area contributed by atoms with Crippen molar-refractivity contribution in [2.24, 2.45) is 0 Å². The molecule has 1 heterocycles. The number of benzene rings is 1. The Morgan fingerprint density at radius 2 is 2.13 bits per heavy atom. The van der Waals surface area contributed by atoms with Gasteiger partial charge in [0.1, 0.15) is 0 Å². The molecule has 1 aromatic carbocycles. The average Bonchev–Trinajstić information content (AvgIpc) is 2.68. The number of hydrogen-bond donors (Lipinski definition) is 0. The second-order valence-electron chi connectivity index (χ2n) is 3.05. The SMILES string of the molecule is ClCCc1nc(-c2ccccc2Br)cs1. The highest BCUT2D eigenvalue weighted by Gasteiger charge is 2.06. The third-order valence-electron chi connectivity index (χ3n) is 2.01. The summed E-state index contributed by atoms with van der Waals surface area (Å²) >= 11 is 10.9. The maximum atomic E-state index is 5.68. The molecule has 78 valence electrons. The summed E-state index contributed by atoms with van der Waals surface area (Å²) in [6.07, 6.45) is 0.844. The Kier molecular flexibility index (Phi) is 3.78. The normalized spacial score (nSPS) is 10.5. The molecule has 2 aromatic rings. The lowest BCUT2D eigenvalue weighted by atomic mass is 10.2. The molecule has 0 saturated carbocycles. The lowest BCUT2D eigenvalue weighted by molar-refractivity contribution is 1.10. The van der Waals surface area contributed by atoms with E-state index in [-0.39, 0.29) is 0 Å². The van der Waals surface area contributed by atoms with Crippen molar-refractivity contribution in [2.75, 3.05) is 5.88 Å². The van der Waals surface area contributed by atoms with E-state index in [2.05, 4.69) is 32.4 Å². The maximum absolute atomic E-state index is 5.68. The van der Waals surface area contributed by atoms with E-state index in [4.69, 9.17) is 11.6 Å². The fourth-order valence-corrected chi connectivity index (χ4v) is 2.88. The molecular formula is C11H9BrClNS. The van der Waals surface area contributed by atoms with Crippen LogP contribution in [0.15, 0.2) is 34.1 Å². The summed E-state index contributed by atoms with van der Waals surface area (Å²) in [5.41, 5.74) is 2.15. The molecule has 0 bridgehead atoms. The summed E-state index contributed by atoms with van der Waals surface area (Å²) in [4.78, 5) is 4.54. The molecule has 2 rings (SSSR count). The van der Waals surface area contributed by atoms with Crippen molar-refractivity contribution >= 4 is 38.9 Å².